The van der Waals surface area contributed by atoms with Gasteiger partial charge in [0.15, 0.2) is 0 Å². The highest BCUT2D eigenvalue weighted by molar-refractivity contribution is 7.08. The fourth-order valence-electron chi connectivity index (χ4n) is 4.06. The van der Waals surface area contributed by atoms with Crippen molar-refractivity contribution in [2.75, 3.05) is 13.1 Å². The van der Waals surface area contributed by atoms with Crippen LogP contribution in [0.4, 0.5) is 0 Å². The molecular formula is C21H24N2O2S. The average molecular weight is 369 g/mol. The predicted molar refractivity (Wildman–Crippen MR) is 103 cm³/mol. The summed E-state index contributed by atoms with van der Waals surface area (Å²) < 4.78 is 0. The van der Waals surface area contributed by atoms with E-state index < -0.39 is 0 Å². The van der Waals surface area contributed by atoms with Gasteiger partial charge < -0.3 is 10.2 Å². The van der Waals surface area contributed by atoms with E-state index >= 15 is 0 Å². The van der Waals surface area contributed by atoms with Gasteiger partial charge in [-0.15, -0.1) is 0 Å². The van der Waals surface area contributed by atoms with Crippen LogP contribution in [0.15, 0.2) is 47.2 Å². The zero-order chi connectivity index (χ0) is 18.0. The molecule has 4 nitrogen and oxygen atoms in total. The van der Waals surface area contributed by atoms with Crippen molar-refractivity contribution in [3.8, 4) is 0 Å². The number of hydrogen-bond acceptors (Lipinski definition) is 3. The van der Waals surface area contributed by atoms with E-state index in [1.165, 1.54) is 0 Å². The van der Waals surface area contributed by atoms with E-state index in [4.69, 9.17) is 0 Å². The highest BCUT2D eigenvalue weighted by Crippen LogP contribution is 2.59. The lowest BCUT2D eigenvalue weighted by Crippen LogP contribution is -2.41. The minimum absolute atomic E-state index is 0.125. The summed E-state index contributed by atoms with van der Waals surface area (Å²) >= 11 is 1.63. The second kappa shape index (κ2) is 7.23. The Labute approximate surface area is 158 Å². The molecule has 1 aliphatic carbocycles. The Kier molecular flexibility index (Phi) is 4.81. The maximum atomic E-state index is 12.5. The molecule has 1 saturated heterocycles. The molecule has 26 heavy (non-hydrogen) atoms. The number of likely N-dealkylation sites (tertiary alicyclic amines) is 1. The van der Waals surface area contributed by atoms with Gasteiger partial charge in [0.25, 0.3) is 0 Å². The number of carbonyl (C=O) groups is 2. The molecule has 5 heteroatoms. The summed E-state index contributed by atoms with van der Waals surface area (Å²) in [6.45, 7) is 2.16. The number of piperidine rings is 1. The van der Waals surface area contributed by atoms with Crippen LogP contribution >= 0.6 is 11.3 Å². The summed E-state index contributed by atoms with van der Waals surface area (Å²) in [7, 11) is 0. The molecule has 1 spiro atoms. The summed E-state index contributed by atoms with van der Waals surface area (Å²) in [6, 6.07) is 12.0. The van der Waals surface area contributed by atoms with Gasteiger partial charge in [-0.05, 0) is 52.6 Å². The first kappa shape index (κ1) is 17.3. The fourth-order valence-corrected chi connectivity index (χ4v) is 4.73. The average Bonchev–Trinajstić information content (AvgIpc) is 3.11. The summed E-state index contributed by atoms with van der Waals surface area (Å²) in [5, 5.41) is 7.13. The number of hydrogen-bond donors (Lipinski definition) is 1. The topological polar surface area (TPSA) is 49.4 Å². The first-order chi connectivity index (χ1) is 12.7. The second-order valence-electron chi connectivity index (χ2n) is 7.51. The molecule has 1 unspecified atom stereocenters. The Morgan fingerprint density at radius 3 is 2.58 bits per heavy atom. The van der Waals surface area contributed by atoms with Crippen LogP contribution in [0, 0.1) is 11.3 Å². The Hall–Kier alpha value is -2.14. The Bertz CT molecular complexity index is 765. The van der Waals surface area contributed by atoms with Gasteiger partial charge in [-0.2, -0.15) is 11.3 Å². The van der Waals surface area contributed by atoms with E-state index in [9.17, 15) is 9.59 Å². The van der Waals surface area contributed by atoms with E-state index in [0.29, 0.717) is 13.0 Å². The van der Waals surface area contributed by atoms with Gasteiger partial charge in [-0.25, -0.2) is 0 Å². The molecule has 1 aromatic heterocycles. The highest BCUT2D eigenvalue weighted by atomic mass is 32.1. The molecule has 1 aromatic carbocycles. The van der Waals surface area contributed by atoms with Gasteiger partial charge in [0.2, 0.25) is 11.8 Å². The van der Waals surface area contributed by atoms with Gasteiger partial charge >= 0.3 is 0 Å². The predicted octanol–water partition coefficient (Wildman–Crippen LogP) is 3.24. The van der Waals surface area contributed by atoms with Crippen molar-refractivity contribution in [2.24, 2.45) is 11.3 Å². The third kappa shape index (κ3) is 3.68. The lowest BCUT2D eigenvalue weighted by Gasteiger charge is -2.33. The molecule has 1 N–H and O–H groups in total. The van der Waals surface area contributed by atoms with E-state index in [2.05, 4.69) is 5.32 Å². The molecule has 2 heterocycles. The SMILES string of the molecule is O=C(NCc1ccccc1)C1CC12CCN(C(=O)Cc1ccsc1)CC2. The maximum absolute atomic E-state index is 12.5. The van der Waals surface area contributed by atoms with Gasteiger partial charge in [0, 0.05) is 25.6 Å². The van der Waals surface area contributed by atoms with Crippen LogP contribution in [0.3, 0.4) is 0 Å². The fraction of sp³-hybridized carbons (Fsp3) is 0.429. The molecule has 1 aliphatic heterocycles. The first-order valence-corrected chi connectivity index (χ1v) is 10.2. The van der Waals surface area contributed by atoms with Crippen LogP contribution in [0.1, 0.15) is 30.4 Å². The van der Waals surface area contributed by atoms with Crippen LogP contribution < -0.4 is 5.32 Å². The van der Waals surface area contributed by atoms with E-state index in [1.54, 1.807) is 11.3 Å². The second-order valence-corrected chi connectivity index (χ2v) is 8.29. The number of benzene rings is 1. The van der Waals surface area contributed by atoms with Crippen LogP contribution in [0.2, 0.25) is 0 Å². The van der Waals surface area contributed by atoms with Crippen molar-refractivity contribution in [1.29, 1.82) is 0 Å². The molecule has 2 fully saturated rings. The van der Waals surface area contributed by atoms with Crippen molar-refractivity contribution in [2.45, 2.75) is 32.2 Å². The van der Waals surface area contributed by atoms with E-state index in [0.717, 1.165) is 43.5 Å². The summed E-state index contributed by atoms with van der Waals surface area (Å²) in [5.74, 6) is 0.510. The van der Waals surface area contributed by atoms with Crippen LogP contribution in [0.5, 0.6) is 0 Å². The summed E-state index contributed by atoms with van der Waals surface area (Å²) in [5.41, 5.74) is 2.37. The van der Waals surface area contributed by atoms with E-state index in [1.807, 2.05) is 52.1 Å². The zero-order valence-electron chi connectivity index (χ0n) is 14.8. The monoisotopic (exact) mass is 368 g/mol. The van der Waals surface area contributed by atoms with Crippen LogP contribution in [0.25, 0.3) is 0 Å². The normalized spacial score (nSPS) is 20.8. The molecule has 2 aliphatic rings. The molecule has 4 rings (SSSR count). The number of amides is 2. The molecule has 1 atom stereocenters. The van der Waals surface area contributed by atoms with Crippen molar-refractivity contribution in [3.05, 3.63) is 58.3 Å². The smallest absolute Gasteiger partial charge is 0.227 e. The molecule has 0 bridgehead atoms. The van der Waals surface area contributed by atoms with Gasteiger partial charge in [-0.3, -0.25) is 9.59 Å². The van der Waals surface area contributed by atoms with Crippen molar-refractivity contribution < 1.29 is 9.59 Å². The lowest BCUT2D eigenvalue weighted by molar-refractivity contribution is -0.132. The van der Waals surface area contributed by atoms with Crippen molar-refractivity contribution >= 4 is 23.2 Å². The largest absolute Gasteiger partial charge is 0.352 e. The van der Waals surface area contributed by atoms with Gasteiger partial charge in [0.05, 0.1) is 6.42 Å². The number of carbonyl (C=O) groups excluding carboxylic acids is 2. The standard InChI is InChI=1S/C21H24N2O2S/c24-19(12-17-6-11-26-15-17)23-9-7-21(8-10-23)13-18(21)20(25)22-14-16-4-2-1-3-5-16/h1-6,11,15,18H,7-10,12-14H2,(H,22,25). The first-order valence-electron chi connectivity index (χ1n) is 9.27. The lowest BCUT2D eigenvalue weighted by atomic mass is 9.90. The van der Waals surface area contributed by atoms with Crippen LogP contribution in [-0.2, 0) is 22.6 Å². The molecular weight excluding hydrogens is 344 g/mol. The maximum Gasteiger partial charge on any atom is 0.227 e. The molecule has 1 saturated carbocycles. The van der Waals surface area contributed by atoms with Gasteiger partial charge in [0.1, 0.15) is 0 Å². The minimum atomic E-state index is 0.125. The molecule has 136 valence electrons. The third-order valence-corrected chi connectivity index (χ3v) is 6.60. The molecule has 0 radical (unpaired) electrons. The molecule has 2 aromatic rings. The van der Waals surface area contributed by atoms with Crippen molar-refractivity contribution in [1.82, 2.24) is 10.2 Å². The van der Waals surface area contributed by atoms with E-state index in [-0.39, 0.29) is 23.1 Å². The number of rotatable bonds is 5. The Balaban J connectivity index is 1.24. The summed E-state index contributed by atoms with van der Waals surface area (Å²) in [4.78, 5) is 26.9. The quantitative estimate of drug-likeness (QED) is 0.881. The van der Waals surface area contributed by atoms with Crippen molar-refractivity contribution in [3.63, 3.8) is 0 Å². The Morgan fingerprint density at radius 1 is 1.12 bits per heavy atom. The zero-order valence-corrected chi connectivity index (χ0v) is 15.6. The van der Waals surface area contributed by atoms with Crippen LogP contribution in [-0.4, -0.2) is 29.8 Å². The Morgan fingerprint density at radius 2 is 1.88 bits per heavy atom. The van der Waals surface area contributed by atoms with Gasteiger partial charge in [-0.1, -0.05) is 30.3 Å². The highest BCUT2D eigenvalue weighted by Gasteiger charge is 2.58. The number of thiophene rings is 1. The summed E-state index contributed by atoms with van der Waals surface area (Å²) in [6.07, 6.45) is 3.37. The number of nitrogens with zero attached hydrogens (tertiary/aromatic N) is 1. The number of nitrogens with one attached hydrogen (secondary N) is 1. The third-order valence-electron chi connectivity index (χ3n) is 5.86. The molecule has 2 amide bonds. The minimum Gasteiger partial charge on any atom is -0.352 e.